The molecule has 3 rings (SSSR count). The predicted molar refractivity (Wildman–Crippen MR) is 89.6 cm³/mol. The largest absolute Gasteiger partial charge is 0.398 e. The van der Waals surface area contributed by atoms with Crippen LogP contribution in [0.15, 0.2) is 34.9 Å². The van der Waals surface area contributed by atoms with E-state index in [9.17, 15) is 0 Å². The average molecular weight is 392 g/mol. The molecule has 0 aliphatic heterocycles. The van der Waals surface area contributed by atoms with Gasteiger partial charge in [0.25, 0.3) is 5.89 Å². The molecule has 0 atom stereocenters. The SMILES string of the molecule is Cc1cc(-c2noc(-c3cc(I)ccc3N)n2)cc(C)n1. The van der Waals surface area contributed by atoms with Crippen LogP contribution in [0.1, 0.15) is 11.4 Å². The van der Waals surface area contributed by atoms with E-state index in [1.807, 2.05) is 44.2 Å². The van der Waals surface area contributed by atoms with Gasteiger partial charge in [0, 0.05) is 26.2 Å². The number of nitrogens with two attached hydrogens (primary N) is 1. The van der Waals surface area contributed by atoms with E-state index in [0.29, 0.717) is 17.4 Å². The summed E-state index contributed by atoms with van der Waals surface area (Å²) in [4.78, 5) is 8.79. The van der Waals surface area contributed by atoms with Crippen LogP contribution in [0.2, 0.25) is 0 Å². The number of nitrogen functional groups attached to an aromatic ring is 1. The number of anilines is 1. The molecule has 5 nitrogen and oxygen atoms in total. The minimum atomic E-state index is 0.424. The van der Waals surface area contributed by atoms with Gasteiger partial charge in [-0.15, -0.1) is 0 Å². The Bertz CT molecular complexity index is 793. The molecule has 0 radical (unpaired) electrons. The van der Waals surface area contributed by atoms with Gasteiger partial charge in [-0.2, -0.15) is 4.98 Å². The first-order chi connectivity index (χ1) is 10.0. The van der Waals surface area contributed by atoms with Crippen molar-refractivity contribution in [2.24, 2.45) is 0 Å². The van der Waals surface area contributed by atoms with E-state index in [-0.39, 0.29) is 0 Å². The first-order valence-corrected chi connectivity index (χ1v) is 7.45. The summed E-state index contributed by atoms with van der Waals surface area (Å²) in [5.41, 5.74) is 10.1. The van der Waals surface area contributed by atoms with Gasteiger partial charge in [0.1, 0.15) is 0 Å². The minimum absolute atomic E-state index is 0.424. The van der Waals surface area contributed by atoms with E-state index in [2.05, 4.69) is 37.7 Å². The van der Waals surface area contributed by atoms with Crippen LogP contribution in [0, 0.1) is 17.4 Å². The quantitative estimate of drug-likeness (QED) is 0.533. The van der Waals surface area contributed by atoms with Crippen LogP contribution in [0.3, 0.4) is 0 Å². The number of halogens is 1. The maximum absolute atomic E-state index is 5.98. The maximum Gasteiger partial charge on any atom is 0.260 e. The van der Waals surface area contributed by atoms with Crippen LogP contribution in [0.5, 0.6) is 0 Å². The highest BCUT2D eigenvalue weighted by Gasteiger charge is 2.14. The molecule has 0 unspecified atom stereocenters. The molecule has 0 bridgehead atoms. The van der Waals surface area contributed by atoms with Gasteiger partial charge in [-0.05, 0) is 66.8 Å². The second kappa shape index (κ2) is 5.44. The van der Waals surface area contributed by atoms with E-state index in [4.69, 9.17) is 10.3 Å². The monoisotopic (exact) mass is 392 g/mol. The number of hydrogen-bond donors (Lipinski definition) is 1. The van der Waals surface area contributed by atoms with E-state index in [1.165, 1.54) is 0 Å². The van der Waals surface area contributed by atoms with Crippen molar-refractivity contribution in [3.63, 3.8) is 0 Å². The van der Waals surface area contributed by atoms with Crippen LogP contribution in [-0.4, -0.2) is 15.1 Å². The molecule has 0 saturated carbocycles. The fourth-order valence-corrected chi connectivity index (χ4v) is 2.62. The lowest BCUT2D eigenvalue weighted by molar-refractivity contribution is 0.432. The Kier molecular flexibility index (Phi) is 3.62. The number of nitrogens with zero attached hydrogens (tertiary/aromatic N) is 3. The lowest BCUT2D eigenvalue weighted by Gasteiger charge is -2.01. The molecule has 2 aromatic heterocycles. The summed E-state index contributed by atoms with van der Waals surface area (Å²) in [6.07, 6.45) is 0. The second-order valence-corrected chi connectivity index (χ2v) is 6.04. The third kappa shape index (κ3) is 2.90. The molecule has 2 heterocycles. The van der Waals surface area contributed by atoms with Gasteiger partial charge >= 0.3 is 0 Å². The number of benzene rings is 1. The molecular formula is C15H13IN4O. The molecular weight excluding hydrogens is 379 g/mol. The molecule has 3 aromatic rings. The standard InChI is InChI=1S/C15H13IN4O/c1-8-5-10(6-9(2)18-8)14-19-15(21-20-14)12-7-11(16)3-4-13(12)17/h3-7H,17H2,1-2H3. The van der Waals surface area contributed by atoms with Crippen molar-refractivity contribution in [1.82, 2.24) is 15.1 Å². The number of pyridine rings is 1. The van der Waals surface area contributed by atoms with Gasteiger partial charge in [0.05, 0.1) is 5.56 Å². The Balaban J connectivity index is 2.05. The van der Waals surface area contributed by atoms with Crippen LogP contribution in [0.25, 0.3) is 22.8 Å². The van der Waals surface area contributed by atoms with Crippen molar-refractivity contribution >= 4 is 28.3 Å². The van der Waals surface area contributed by atoms with Crippen LogP contribution in [0.4, 0.5) is 5.69 Å². The van der Waals surface area contributed by atoms with Crippen molar-refractivity contribution in [1.29, 1.82) is 0 Å². The van der Waals surface area contributed by atoms with Crippen molar-refractivity contribution in [3.05, 3.63) is 45.3 Å². The van der Waals surface area contributed by atoms with Gasteiger partial charge in [-0.25, -0.2) is 0 Å². The van der Waals surface area contributed by atoms with Gasteiger partial charge < -0.3 is 10.3 Å². The summed E-state index contributed by atoms with van der Waals surface area (Å²) < 4.78 is 6.42. The summed E-state index contributed by atoms with van der Waals surface area (Å²) in [6, 6.07) is 9.56. The molecule has 21 heavy (non-hydrogen) atoms. The molecule has 1 aromatic carbocycles. The van der Waals surface area contributed by atoms with Crippen LogP contribution in [-0.2, 0) is 0 Å². The zero-order chi connectivity index (χ0) is 15.0. The first-order valence-electron chi connectivity index (χ1n) is 6.38. The number of aromatic nitrogens is 3. The number of hydrogen-bond acceptors (Lipinski definition) is 5. The second-order valence-electron chi connectivity index (χ2n) is 4.79. The van der Waals surface area contributed by atoms with Gasteiger partial charge in [-0.3, -0.25) is 4.98 Å². The lowest BCUT2D eigenvalue weighted by atomic mass is 10.1. The van der Waals surface area contributed by atoms with Gasteiger partial charge in [0.2, 0.25) is 5.82 Å². The molecule has 0 saturated heterocycles. The Hall–Kier alpha value is -1.96. The van der Waals surface area contributed by atoms with Gasteiger partial charge in [-0.1, -0.05) is 5.16 Å². The number of rotatable bonds is 2. The zero-order valence-corrected chi connectivity index (χ0v) is 13.7. The minimum Gasteiger partial charge on any atom is -0.398 e. The fourth-order valence-electron chi connectivity index (χ4n) is 2.13. The third-order valence-corrected chi connectivity index (χ3v) is 3.68. The lowest BCUT2D eigenvalue weighted by Crippen LogP contribution is -1.91. The Morgan fingerprint density at radius 2 is 1.76 bits per heavy atom. The fraction of sp³-hybridized carbons (Fsp3) is 0.133. The maximum atomic E-state index is 5.98. The molecule has 106 valence electrons. The highest BCUT2D eigenvalue weighted by molar-refractivity contribution is 14.1. The summed E-state index contributed by atoms with van der Waals surface area (Å²) in [6.45, 7) is 3.88. The van der Waals surface area contributed by atoms with Crippen molar-refractivity contribution in [2.75, 3.05) is 5.73 Å². The zero-order valence-electron chi connectivity index (χ0n) is 11.6. The van der Waals surface area contributed by atoms with Gasteiger partial charge in [0.15, 0.2) is 0 Å². The summed E-state index contributed by atoms with van der Waals surface area (Å²) >= 11 is 2.22. The molecule has 0 amide bonds. The van der Waals surface area contributed by atoms with Crippen molar-refractivity contribution in [3.8, 4) is 22.8 Å². The Labute approximate surface area is 135 Å². The summed E-state index contributed by atoms with van der Waals surface area (Å²) in [7, 11) is 0. The van der Waals surface area contributed by atoms with E-state index in [1.54, 1.807) is 0 Å². The molecule has 0 aliphatic rings. The summed E-state index contributed by atoms with van der Waals surface area (Å²) in [5.74, 6) is 0.963. The molecule has 6 heteroatoms. The van der Waals surface area contributed by atoms with Crippen LogP contribution < -0.4 is 5.73 Å². The van der Waals surface area contributed by atoms with Crippen LogP contribution >= 0.6 is 22.6 Å². The smallest absolute Gasteiger partial charge is 0.260 e. The normalized spacial score (nSPS) is 10.8. The Morgan fingerprint density at radius 1 is 1.05 bits per heavy atom. The number of aryl methyl sites for hydroxylation is 2. The summed E-state index contributed by atoms with van der Waals surface area (Å²) in [5, 5.41) is 4.04. The topological polar surface area (TPSA) is 77.8 Å². The highest BCUT2D eigenvalue weighted by Crippen LogP contribution is 2.28. The molecule has 0 aliphatic carbocycles. The first kappa shape index (κ1) is 14.0. The Morgan fingerprint density at radius 3 is 2.48 bits per heavy atom. The van der Waals surface area contributed by atoms with E-state index >= 15 is 0 Å². The highest BCUT2D eigenvalue weighted by atomic mass is 127. The molecule has 2 N–H and O–H groups in total. The average Bonchev–Trinajstić information content (AvgIpc) is 2.90. The third-order valence-electron chi connectivity index (χ3n) is 3.01. The van der Waals surface area contributed by atoms with Crippen molar-refractivity contribution < 1.29 is 4.52 Å². The van der Waals surface area contributed by atoms with Crippen molar-refractivity contribution in [2.45, 2.75) is 13.8 Å². The molecule has 0 fully saturated rings. The van der Waals surface area contributed by atoms with E-state index in [0.717, 1.165) is 26.1 Å². The van der Waals surface area contributed by atoms with E-state index < -0.39 is 0 Å². The molecule has 0 spiro atoms. The predicted octanol–water partition coefficient (Wildman–Crippen LogP) is 3.60.